The van der Waals surface area contributed by atoms with Crippen molar-refractivity contribution in [2.45, 2.75) is 45.1 Å². The lowest BCUT2D eigenvalue weighted by molar-refractivity contribution is -0.130. The average molecular weight is 413 g/mol. The molecular weight excluding hydrogens is 386 g/mol. The Labute approximate surface area is 175 Å². The highest BCUT2D eigenvalue weighted by Crippen LogP contribution is 2.07. The van der Waals surface area contributed by atoms with Crippen LogP contribution in [0.5, 0.6) is 0 Å². The molecule has 3 amide bonds. The number of rotatable bonds is 9. The lowest BCUT2D eigenvalue weighted by Gasteiger charge is -2.23. The number of hydrogen-bond acceptors (Lipinski definition) is 5. The Kier molecular flexibility index (Phi) is 8.37. The molecule has 160 valence electrons. The summed E-state index contributed by atoms with van der Waals surface area (Å²) < 4.78 is 5.09. The van der Waals surface area contributed by atoms with Gasteiger partial charge in [-0.1, -0.05) is 60.2 Å². The minimum Gasteiger partial charge on any atom is -0.445 e. The van der Waals surface area contributed by atoms with Gasteiger partial charge in [0, 0.05) is 6.42 Å². The summed E-state index contributed by atoms with van der Waals surface area (Å²) in [7, 11) is 0. The molecule has 8 heteroatoms. The lowest BCUT2D eigenvalue weighted by atomic mass is 10.0. The van der Waals surface area contributed by atoms with Crippen LogP contribution in [0.15, 0.2) is 54.6 Å². The van der Waals surface area contributed by atoms with Crippen molar-refractivity contribution in [1.29, 1.82) is 0 Å². The third kappa shape index (κ3) is 7.21. The summed E-state index contributed by atoms with van der Waals surface area (Å²) in [5, 5.41) is 14.8. The molecule has 0 unspecified atom stereocenters. The maximum atomic E-state index is 12.6. The molecule has 0 spiro atoms. The first-order valence-corrected chi connectivity index (χ1v) is 9.56. The number of carbonyl (C=O) groups excluding carboxylic acids is 3. The van der Waals surface area contributed by atoms with Gasteiger partial charge in [0.1, 0.15) is 18.7 Å². The van der Waals surface area contributed by atoms with E-state index in [2.05, 4.69) is 10.6 Å². The number of amides is 3. The summed E-state index contributed by atoms with van der Waals surface area (Å²) in [5.74, 6) is -1.46. The second-order valence-electron chi connectivity index (χ2n) is 7.08. The number of aryl methyl sites for hydroxylation is 1. The van der Waals surface area contributed by atoms with Gasteiger partial charge in [-0.25, -0.2) is 4.79 Å². The number of hydrogen-bond donors (Lipinski definition) is 4. The number of primary amides is 1. The summed E-state index contributed by atoms with van der Waals surface area (Å²) in [6.45, 7) is 3.30. The van der Waals surface area contributed by atoms with E-state index in [1.807, 2.05) is 37.3 Å². The number of nitrogens with one attached hydrogen (secondary N) is 2. The van der Waals surface area contributed by atoms with Gasteiger partial charge in [0.15, 0.2) is 0 Å². The summed E-state index contributed by atoms with van der Waals surface area (Å²) in [4.78, 5) is 36.5. The van der Waals surface area contributed by atoms with Crippen molar-refractivity contribution < 1.29 is 24.2 Å². The van der Waals surface area contributed by atoms with Gasteiger partial charge in [-0.15, -0.1) is 0 Å². The zero-order valence-electron chi connectivity index (χ0n) is 17.0. The third-order valence-electron chi connectivity index (χ3n) is 4.47. The Bertz CT molecular complexity index is 853. The van der Waals surface area contributed by atoms with Crippen molar-refractivity contribution in [2.75, 3.05) is 0 Å². The Morgan fingerprint density at radius 1 is 1.00 bits per heavy atom. The van der Waals surface area contributed by atoms with Crippen molar-refractivity contribution in [3.05, 3.63) is 71.3 Å². The van der Waals surface area contributed by atoms with E-state index in [1.165, 1.54) is 6.92 Å². The van der Waals surface area contributed by atoms with Crippen LogP contribution in [0.25, 0.3) is 0 Å². The van der Waals surface area contributed by atoms with E-state index < -0.39 is 36.1 Å². The van der Waals surface area contributed by atoms with E-state index in [0.717, 1.165) is 16.7 Å². The quantitative estimate of drug-likeness (QED) is 0.490. The van der Waals surface area contributed by atoms with Gasteiger partial charge in [0.2, 0.25) is 11.8 Å². The largest absolute Gasteiger partial charge is 0.445 e. The van der Waals surface area contributed by atoms with Crippen LogP contribution < -0.4 is 16.4 Å². The zero-order valence-corrected chi connectivity index (χ0v) is 17.0. The van der Waals surface area contributed by atoms with E-state index in [1.54, 1.807) is 24.3 Å². The molecule has 3 atom stereocenters. The van der Waals surface area contributed by atoms with E-state index in [4.69, 9.17) is 10.5 Å². The molecule has 0 fully saturated rings. The molecule has 0 saturated heterocycles. The normalized spacial score (nSPS) is 13.6. The number of aliphatic hydroxyl groups is 1. The van der Waals surface area contributed by atoms with E-state index in [9.17, 15) is 19.5 Å². The second kappa shape index (κ2) is 11.0. The SMILES string of the molecule is Cc1ccc(C[C@H](NC(=O)[C@@H](NC(=O)OCc2ccccc2)[C@@H](C)O)C(N)=O)cc1. The molecule has 0 aromatic heterocycles. The monoisotopic (exact) mass is 413 g/mol. The van der Waals surface area contributed by atoms with Crippen molar-refractivity contribution in [1.82, 2.24) is 10.6 Å². The number of benzene rings is 2. The van der Waals surface area contributed by atoms with E-state index in [0.29, 0.717) is 0 Å². The van der Waals surface area contributed by atoms with Gasteiger partial charge >= 0.3 is 6.09 Å². The molecule has 0 radical (unpaired) electrons. The van der Waals surface area contributed by atoms with Crippen LogP contribution in [0.4, 0.5) is 4.79 Å². The maximum Gasteiger partial charge on any atom is 0.408 e. The number of nitrogens with two attached hydrogens (primary N) is 1. The molecule has 0 aliphatic carbocycles. The van der Waals surface area contributed by atoms with Crippen molar-refractivity contribution in [2.24, 2.45) is 5.73 Å². The molecule has 0 aliphatic heterocycles. The molecular formula is C22H27N3O5. The van der Waals surface area contributed by atoms with Crippen LogP contribution in [-0.4, -0.2) is 41.2 Å². The number of aliphatic hydroxyl groups excluding tert-OH is 1. The van der Waals surface area contributed by atoms with Crippen LogP contribution >= 0.6 is 0 Å². The van der Waals surface area contributed by atoms with Gasteiger partial charge in [0.05, 0.1) is 6.10 Å². The minimum absolute atomic E-state index is 0.0121. The molecule has 5 N–H and O–H groups in total. The number of carbonyl (C=O) groups is 3. The lowest BCUT2D eigenvalue weighted by Crippen LogP contribution is -2.57. The smallest absolute Gasteiger partial charge is 0.408 e. The fourth-order valence-corrected chi connectivity index (χ4v) is 2.74. The van der Waals surface area contributed by atoms with Crippen molar-refractivity contribution in [3.8, 4) is 0 Å². The molecule has 30 heavy (non-hydrogen) atoms. The topological polar surface area (TPSA) is 131 Å². The highest BCUT2D eigenvalue weighted by molar-refractivity contribution is 5.91. The summed E-state index contributed by atoms with van der Waals surface area (Å²) >= 11 is 0. The molecule has 2 aromatic rings. The average Bonchev–Trinajstić information content (AvgIpc) is 2.71. The maximum absolute atomic E-state index is 12.6. The Balaban J connectivity index is 1.97. The van der Waals surface area contributed by atoms with Crippen LogP contribution in [-0.2, 0) is 27.4 Å². The van der Waals surface area contributed by atoms with Crippen LogP contribution in [0.3, 0.4) is 0 Å². The molecule has 0 bridgehead atoms. The molecule has 2 aromatic carbocycles. The van der Waals surface area contributed by atoms with Crippen LogP contribution in [0.1, 0.15) is 23.6 Å². The van der Waals surface area contributed by atoms with Gasteiger partial charge < -0.3 is 26.2 Å². The summed E-state index contributed by atoms with van der Waals surface area (Å²) in [5.41, 5.74) is 8.07. The van der Waals surface area contributed by atoms with Crippen LogP contribution in [0, 0.1) is 6.92 Å². The predicted octanol–water partition coefficient (Wildman–Crippen LogP) is 1.18. The van der Waals surface area contributed by atoms with Crippen molar-refractivity contribution >= 4 is 17.9 Å². The fourth-order valence-electron chi connectivity index (χ4n) is 2.74. The van der Waals surface area contributed by atoms with E-state index >= 15 is 0 Å². The highest BCUT2D eigenvalue weighted by Gasteiger charge is 2.29. The minimum atomic E-state index is -1.31. The molecule has 8 nitrogen and oxygen atoms in total. The summed E-state index contributed by atoms with van der Waals surface area (Å²) in [6, 6.07) is 14.2. The van der Waals surface area contributed by atoms with Gasteiger partial charge in [-0.3, -0.25) is 9.59 Å². The molecule has 2 rings (SSSR count). The molecule has 0 aliphatic rings. The fraction of sp³-hybridized carbons (Fsp3) is 0.318. The Hall–Kier alpha value is -3.39. The molecule has 0 heterocycles. The zero-order chi connectivity index (χ0) is 22.1. The van der Waals surface area contributed by atoms with E-state index in [-0.39, 0.29) is 13.0 Å². The first kappa shape index (κ1) is 22.9. The Morgan fingerprint density at radius 3 is 2.20 bits per heavy atom. The van der Waals surface area contributed by atoms with Gasteiger partial charge in [-0.2, -0.15) is 0 Å². The van der Waals surface area contributed by atoms with Crippen LogP contribution in [0.2, 0.25) is 0 Å². The third-order valence-corrected chi connectivity index (χ3v) is 4.47. The first-order chi connectivity index (χ1) is 14.3. The highest BCUT2D eigenvalue weighted by atomic mass is 16.5. The summed E-state index contributed by atoms with van der Waals surface area (Å²) in [6.07, 6.45) is -1.90. The Morgan fingerprint density at radius 2 is 1.63 bits per heavy atom. The number of alkyl carbamates (subject to hydrolysis) is 1. The standard InChI is InChI=1S/C22H27N3O5/c1-14-8-10-16(11-9-14)12-18(20(23)27)24-21(28)19(15(2)26)25-22(29)30-13-17-6-4-3-5-7-17/h3-11,15,18-19,26H,12-13H2,1-2H3,(H2,23,27)(H,24,28)(H,25,29)/t15-,18+,19+/m1/s1. The first-order valence-electron chi connectivity index (χ1n) is 9.56. The van der Waals surface area contributed by atoms with Gasteiger partial charge in [-0.05, 0) is 25.0 Å². The van der Waals surface area contributed by atoms with Gasteiger partial charge in [0.25, 0.3) is 0 Å². The predicted molar refractivity (Wildman–Crippen MR) is 111 cm³/mol. The second-order valence-corrected chi connectivity index (χ2v) is 7.08. The van der Waals surface area contributed by atoms with Crippen molar-refractivity contribution in [3.63, 3.8) is 0 Å². The number of ether oxygens (including phenoxy) is 1. The molecule has 0 saturated carbocycles.